The molecular weight excluding hydrogens is 463 g/mol. The van der Waals surface area contributed by atoms with Crippen molar-refractivity contribution in [2.45, 2.75) is 12.5 Å². The first kappa shape index (κ1) is 21.3. The molecule has 1 fully saturated rings. The van der Waals surface area contributed by atoms with Gasteiger partial charge in [-0.05, 0) is 30.3 Å². The Morgan fingerprint density at radius 1 is 1.26 bits per heavy atom. The van der Waals surface area contributed by atoms with Crippen molar-refractivity contribution in [3.63, 3.8) is 0 Å². The van der Waals surface area contributed by atoms with Gasteiger partial charge in [-0.1, -0.05) is 34.4 Å². The zero-order valence-corrected chi connectivity index (χ0v) is 18.5. The van der Waals surface area contributed by atoms with Crippen molar-refractivity contribution in [3.8, 4) is 0 Å². The van der Waals surface area contributed by atoms with Crippen molar-refractivity contribution in [3.05, 3.63) is 46.4 Å². The van der Waals surface area contributed by atoms with Crippen LogP contribution >= 0.6 is 34.9 Å². The molecule has 4 rings (SSSR count). The van der Waals surface area contributed by atoms with Crippen LogP contribution in [0.25, 0.3) is 11.0 Å². The molecule has 3 aromatic rings. The van der Waals surface area contributed by atoms with E-state index in [-0.39, 0.29) is 13.0 Å². The third-order valence-corrected chi connectivity index (χ3v) is 5.76. The zero-order valence-electron chi connectivity index (χ0n) is 16.2. The van der Waals surface area contributed by atoms with Gasteiger partial charge >= 0.3 is 6.03 Å². The molecule has 2 N–H and O–H groups in total. The predicted molar refractivity (Wildman–Crippen MR) is 120 cm³/mol. The van der Waals surface area contributed by atoms with E-state index in [0.29, 0.717) is 38.2 Å². The van der Waals surface area contributed by atoms with Crippen LogP contribution in [-0.2, 0) is 9.63 Å². The second kappa shape index (κ2) is 8.66. The number of oxime groups is 1. The van der Waals surface area contributed by atoms with Crippen LogP contribution in [0.3, 0.4) is 0 Å². The molecule has 1 aromatic heterocycles. The van der Waals surface area contributed by atoms with Gasteiger partial charge in [-0.15, -0.1) is 0 Å². The smallest absolute Gasteiger partial charge is 0.315 e. The lowest BCUT2D eigenvalue weighted by Crippen LogP contribution is -2.48. The third kappa shape index (κ3) is 4.14. The summed E-state index contributed by atoms with van der Waals surface area (Å²) < 4.78 is 8.59. The zero-order chi connectivity index (χ0) is 22.1. The standard InChI is InChI=1S/C19H16Cl2N6O3S/c1-30-23-12-8-16(26(9-12)19(22)29)18(28)27(13-6-10(20)5-11(21)7-13)15-4-2-3-14-17(15)25-31-24-14/h2-7,16H,8-9H2,1H3,(H2,22,29)/t16-/m0/s1. The molecule has 31 heavy (non-hydrogen) atoms. The number of primary amides is 1. The number of hydrogen-bond acceptors (Lipinski definition) is 7. The summed E-state index contributed by atoms with van der Waals surface area (Å²) in [5, 5.41) is 4.60. The number of halogens is 2. The van der Waals surface area contributed by atoms with E-state index in [4.69, 9.17) is 33.8 Å². The highest BCUT2D eigenvalue weighted by Gasteiger charge is 2.41. The molecule has 0 bridgehead atoms. The minimum absolute atomic E-state index is 0.0895. The van der Waals surface area contributed by atoms with Gasteiger partial charge in [0, 0.05) is 16.5 Å². The van der Waals surface area contributed by atoms with Crippen LogP contribution in [0.2, 0.25) is 10.0 Å². The average molecular weight is 479 g/mol. The summed E-state index contributed by atoms with van der Waals surface area (Å²) in [4.78, 5) is 33.4. The number of hydrogen-bond donors (Lipinski definition) is 1. The number of likely N-dealkylation sites (tertiary alicyclic amines) is 1. The van der Waals surface area contributed by atoms with Crippen LogP contribution in [0.4, 0.5) is 16.2 Å². The number of nitrogens with two attached hydrogens (primary N) is 1. The summed E-state index contributed by atoms with van der Waals surface area (Å²) in [5.74, 6) is -0.418. The molecule has 0 saturated carbocycles. The molecule has 2 aromatic carbocycles. The Morgan fingerprint density at radius 3 is 2.68 bits per heavy atom. The van der Waals surface area contributed by atoms with Crippen molar-refractivity contribution in [1.82, 2.24) is 13.6 Å². The van der Waals surface area contributed by atoms with Gasteiger partial charge in [0.05, 0.1) is 35.4 Å². The molecule has 2 heterocycles. The molecule has 0 spiro atoms. The van der Waals surface area contributed by atoms with Crippen LogP contribution in [0.1, 0.15) is 6.42 Å². The van der Waals surface area contributed by atoms with Gasteiger partial charge in [0.1, 0.15) is 24.2 Å². The van der Waals surface area contributed by atoms with Crippen LogP contribution in [0, 0.1) is 0 Å². The van der Waals surface area contributed by atoms with Crippen molar-refractivity contribution >= 4 is 75.0 Å². The van der Waals surface area contributed by atoms with Gasteiger partial charge in [-0.3, -0.25) is 9.69 Å². The summed E-state index contributed by atoms with van der Waals surface area (Å²) >= 11 is 13.5. The van der Waals surface area contributed by atoms with Crippen LogP contribution in [-0.4, -0.2) is 51.0 Å². The summed E-state index contributed by atoms with van der Waals surface area (Å²) in [6, 6.07) is 8.45. The Kier molecular flexibility index (Phi) is 5.94. The number of carbonyl (C=O) groups excluding carboxylic acids is 2. The Balaban J connectivity index is 1.86. The number of urea groups is 1. The first-order valence-corrected chi connectivity index (χ1v) is 10.5. The summed E-state index contributed by atoms with van der Waals surface area (Å²) in [5.41, 5.74) is 8.14. The molecule has 1 saturated heterocycles. The lowest BCUT2D eigenvalue weighted by molar-refractivity contribution is -0.121. The van der Waals surface area contributed by atoms with Gasteiger partial charge in [0.25, 0.3) is 5.91 Å². The van der Waals surface area contributed by atoms with Crippen LogP contribution in [0.5, 0.6) is 0 Å². The van der Waals surface area contributed by atoms with E-state index in [2.05, 4.69) is 13.9 Å². The molecule has 1 aliphatic heterocycles. The number of benzene rings is 2. The van der Waals surface area contributed by atoms with E-state index in [9.17, 15) is 9.59 Å². The first-order chi connectivity index (χ1) is 14.9. The van der Waals surface area contributed by atoms with Gasteiger partial charge in [0.2, 0.25) is 0 Å². The van der Waals surface area contributed by atoms with Gasteiger partial charge < -0.3 is 15.5 Å². The molecule has 0 aliphatic carbocycles. The van der Waals surface area contributed by atoms with E-state index < -0.39 is 18.0 Å². The molecule has 1 aliphatic rings. The monoisotopic (exact) mass is 478 g/mol. The van der Waals surface area contributed by atoms with E-state index >= 15 is 0 Å². The molecular formula is C19H16Cl2N6O3S. The number of nitrogens with zero attached hydrogens (tertiary/aromatic N) is 5. The molecule has 0 unspecified atom stereocenters. The molecule has 3 amide bonds. The van der Waals surface area contributed by atoms with E-state index in [1.54, 1.807) is 36.4 Å². The van der Waals surface area contributed by atoms with Gasteiger partial charge in [-0.2, -0.15) is 8.75 Å². The number of anilines is 2. The highest BCUT2D eigenvalue weighted by Crippen LogP contribution is 2.36. The number of fused-ring (bicyclic) bond motifs is 1. The minimum Gasteiger partial charge on any atom is -0.399 e. The summed E-state index contributed by atoms with van der Waals surface area (Å²) in [6.45, 7) is 0.0895. The highest BCUT2D eigenvalue weighted by molar-refractivity contribution is 7.00. The molecule has 1 atom stereocenters. The quantitative estimate of drug-likeness (QED) is 0.572. The van der Waals surface area contributed by atoms with Crippen molar-refractivity contribution in [1.29, 1.82) is 0 Å². The lowest BCUT2D eigenvalue weighted by Gasteiger charge is -2.29. The normalized spacial score (nSPS) is 17.3. The maximum absolute atomic E-state index is 13.8. The summed E-state index contributed by atoms with van der Waals surface area (Å²) in [6.07, 6.45) is 0.172. The lowest BCUT2D eigenvalue weighted by atomic mass is 10.1. The maximum atomic E-state index is 13.8. The van der Waals surface area contributed by atoms with Crippen LogP contribution in [0.15, 0.2) is 41.6 Å². The average Bonchev–Trinajstić information content (AvgIpc) is 3.35. The van der Waals surface area contributed by atoms with Crippen molar-refractivity contribution in [2.75, 3.05) is 18.6 Å². The van der Waals surface area contributed by atoms with Gasteiger partial charge in [0.15, 0.2) is 0 Å². The number of rotatable bonds is 4. The second-order valence-electron chi connectivity index (χ2n) is 6.74. The SMILES string of the molecule is CON=C1C[C@@H](C(=O)N(c2cc(Cl)cc(Cl)c2)c2cccc3nsnc23)N(C(N)=O)C1. The number of aromatic nitrogens is 2. The fourth-order valence-corrected chi connectivity index (χ4v) is 4.59. The second-order valence-corrected chi connectivity index (χ2v) is 8.14. The van der Waals surface area contributed by atoms with Gasteiger partial charge in [-0.25, -0.2) is 4.79 Å². The Bertz CT molecular complexity index is 1180. The molecule has 9 nitrogen and oxygen atoms in total. The number of carbonyl (C=O) groups is 2. The summed E-state index contributed by atoms with van der Waals surface area (Å²) in [7, 11) is 1.40. The maximum Gasteiger partial charge on any atom is 0.315 e. The number of amides is 3. The van der Waals surface area contributed by atoms with E-state index in [0.717, 1.165) is 11.7 Å². The minimum atomic E-state index is -0.897. The van der Waals surface area contributed by atoms with Crippen molar-refractivity contribution in [2.24, 2.45) is 10.9 Å². The fraction of sp³-hybridized carbons (Fsp3) is 0.211. The van der Waals surface area contributed by atoms with Crippen LogP contribution < -0.4 is 10.6 Å². The largest absolute Gasteiger partial charge is 0.399 e. The highest BCUT2D eigenvalue weighted by atomic mass is 35.5. The van der Waals surface area contributed by atoms with Crippen molar-refractivity contribution < 1.29 is 14.4 Å². The van der Waals surface area contributed by atoms with E-state index in [1.807, 2.05) is 0 Å². The first-order valence-electron chi connectivity index (χ1n) is 9.05. The fourth-order valence-electron chi connectivity index (χ4n) is 3.53. The molecule has 12 heteroatoms. The Hall–Kier alpha value is -2.95. The molecule has 0 radical (unpaired) electrons. The third-order valence-electron chi connectivity index (χ3n) is 4.78. The van der Waals surface area contributed by atoms with E-state index in [1.165, 1.54) is 16.9 Å². The predicted octanol–water partition coefficient (Wildman–Crippen LogP) is 3.82. The topological polar surface area (TPSA) is 114 Å². The molecule has 160 valence electrons. The Morgan fingerprint density at radius 2 is 2.00 bits per heavy atom. The Labute approximate surface area is 191 Å².